The summed E-state index contributed by atoms with van der Waals surface area (Å²) in [5.74, 6) is 0. The number of aliphatic hydroxyl groups excluding tert-OH is 1. The molecule has 13 heavy (non-hydrogen) atoms. The van der Waals surface area contributed by atoms with E-state index in [0.717, 1.165) is 12.1 Å². The van der Waals surface area contributed by atoms with Crippen molar-refractivity contribution in [1.82, 2.24) is 4.57 Å². The summed E-state index contributed by atoms with van der Waals surface area (Å²) < 4.78 is 2.29. The van der Waals surface area contributed by atoms with Crippen molar-refractivity contribution in [3.63, 3.8) is 0 Å². The van der Waals surface area contributed by atoms with Crippen molar-refractivity contribution < 1.29 is 5.11 Å². The number of aliphatic hydroxyl groups is 1. The number of aromatic nitrogens is 1. The van der Waals surface area contributed by atoms with E-state index in [2.05, 4.69) is 31.4 Å². The van der Waals surface area contributed by atoms with Gasteiger partial charge in [-0.25, -0.2) is 0 Å². The molecule has 1 rings (SSSR count). The molecule has 0 radical (unpaired) electrons. The number of nitrogens with zero attached hydrogens (tertiary/aromatic N) is 1. The van der Waals surface area contributed by atoms with Crippen LogP contribution in [0.1, 0.15) is 36.7 Å². The van der Waals surface area contributed by atoms with E-state index in [1.165, 1.54) is 24.2 Å². The van der Waals surface area contributed by atoms with Crippen LogP contribution in [0.5, 0.6) is 0 Å². The van der Waals surface area contributed by atoms with Crippen molar-refractivity contribution in [2.75, 3.05) is 0 Å². The summed E-state index contributed by atoms with van der Waals surface area (Å²) in [6, 6.07) is 2.07. The Morgan fingerprint density at radius 3 is 2.54 bits per heavy atom. The lowest BCUT2D eigenvalue weighted by molar-refractivity contribution is 0.280. The van der Waals surface area contributed by atoms with E-state index < -0.39 is 0 Å². The summed E-state index contributed by atoms with van der Waals surface area (Å²) in [4.78, 5) is 0. The normalized spacial score (nSPS) is 10.8. The van der Waals surface area contributed by atoms with Gasteiger partial charge in [-0.15, -0.1) is 0 Å². The number of rotatable bonds is 4. The lowest BCUT2D eigenvalue weighted by Crippen LogP contribution is -2.02. The van der Waals surface area contributed by atoms with Crippen LogP contribution < -0.4 is 0 Å². The van der Waals surface area contributed by atoms with Crippen molar-refractivity contribution >= 4 is 0 Å². The van der Waals surface area contributed by atoms with E-state index in [1.807, 2.05) is 0 Å². The zero-order chi connectivity index (χ0) is 9.84. The Hall–Kier alpha value is -0.760. The van der Waals surface area contributed by atoms with E-state index in [-0.39, 0.29) is 6.61 Å². The molecule has 1 heterocycles. The van der Waals surface area contributed by atoms with E-state index in [1.54, 1.807) is 0 Å². The molecule has 0 unspecified atom stereocenters. The lowest BCUT2D eigenvalue weighted by atomic mass is 10.2. The van der Waals surface area contributed by atoms with E-state index >= 15 is 0 Å². The Morgan fingerprint density at radius 1 is 1.38 bits per heavy atom. The molecule has 0 atom stereocenters. The van der Waals surface area contributed by atoms with Gasteiger partial charge >= 0.3 is 0 Å². The fourth-order valence-corrected chi connectivity index (χ4v) is 1.69. The minimum Gasteiger partial charge on any atom is -0.392 e. The van der Waals surface area contributed by atoms with Gasteiger partial charge in [0.25, 0.3) is 0 Å². The first-order valence-corrected chi connectivity index (χ1v) is 4.97. The van der Waals surface area contributed by atoms with Crippen molar-refractivity contribution in [3.8, 4) is 0 Å². The smallest absolute Gasteiger partial charge is 0.0699 e. The largest absolute Gasteiger partial charge is 0.392 e. The van der Waals surface area contributed by atoms with Gasteiger partial charge in [-0.1, -0.05) is 13.3 Å². The molecule has 0 aliphatic carbocycles. The quantitative estimate of drug-likeness (QED) is 0.758. The minimum atomic E-state index is 0.159. The molecule has 0 aromatic carbocycles. The second kappa shape index (κ2) is 4.47. The van der Waals surface area contributed by atoms with Gasteiger partial charge in [0.1, 0.15) is 0 Å². The van der Waals surface area contributed by atoms with Gasteiger partial charge in [-0.05, 0) is 31.9 Å². The summed E-state index contributed by atoms with van der Waals surface area (Å²) in [5.41, 5.74) is 3.54. The van der Waals surface area contributed by atoms with Gasteiger partial charge in [0.15, 0.2) is 0 Å². The summed E-state index contributed by atoms with van der Waals surface area (Å²) in [6.07, 6.45) is 2.42. The molecule has 1 aromatic heterocycles. The highest BCUT2D eigenvalue weighted by molar-refractivity contribution is 5.25. The maximum Gasteiger partial charge on any atom is 0.0699 e. The van der Waals surface area contributed by atoms with Crippen LogP contribution in [-0.2, 0) is 13.2 Å². The summed E-state index contributed by atoms with van der Waals surface area (Å²) in [6.45, 7) is 7.61. The van der Waals surface area contributed by atoms with Crippen molar-refractivity contribution in [2.45, 2.75) is 46.8 Å². The number of unbranched alkanes of at least 4 members (excludes halogenated alkanes) is 1. The van der Waals surface area contributed by atoms with Gasteiger partial charge < -0.3 is 9.67 Å². The Balaban J connectivity index is 2.85. The third-order valence-electron chi connectivity index (χ3n) is 2.58. The minimum absolute atomic E-state index is 0.159. The number of hydrogen-bond acceptors (Lipinski definition) is 1. The average Bonchev–Trinajstić information content (AvgIpc) is 2.39. The third kappa shape index (κ3) is 2.13. The van der Waals surface area contributed by atoms with Gasteiger partial charge in [-0.3, -0.25) is 0 Å². The highest BCUT2D eigenvalue weighted by atomic mass is 16.3. The molecule has 1 aromatic rings. The Bertz CT molecular complexity index is 276. The number of hydrogen-bond donors (Lipinski definition) is 1. The topological polar surface area (TPSA) is 25.2 Å². The molecule has 0 bridgehead atoms. The Labute approximate surface area is 80.2 Å². The van der Waals surface area contributed by atoms with Crippen LogP contribution in [0.2, 0.25) is 0 Å². The van der Waals surface area contributed by atoms with Crippen molar-refractivity contribution in [3.05, 3.63) is 23.0 Å². The third-order valence-corrected chi connectivity index (χ3v) is 2.58. The van der Waals surface area contributed by atoms with Crippen molar-refractivity contribution in [1.29, 1.82) is 0 Å². The highest BCUT2D eigenvalue weighted by Gasteiger charge is 2.06. The SMILES string of the molecule is CCCCn1c(C)cc(CO)c1C. The van der Waals surface area contributed by atoms with Gasteiger partial charge in [0.2, 0.25) is 0 Å². The predicted octanol–water partition coefficient (Wildman–Crippen LogP) is 2.40. The molecule has 2 heteroatoms. The van der Waals surface area contributed by atoms with Crippen LogP contribution in [-0.4, -0.2) is 9.67 Å². The molecule has 74 valence electrons. The first-order valence-electron chi connectivity index (χ1n) is 4.97. The van der Waals surface area contributed by atoms with Gasteiger partial charge in [0.05, 0.1) is 6.61 Å². The van der Waals surface area contributed by atoms with Gasteiger partial charge in [0, 0.05) is 17.9 Å². The molecule has 0 aliphatic rings. The molecular formula is C11H19NO. The fraction of sp³-hybridized carbons (Fsp3) is 0.636. The Kier molecular flexibility index (Phi) is 3.55. The second-order valence-electron chi connectivity index (χ2n) is 3.56. The van der Waals surface area contributed by atoms with Crippen molar-refractivity contribution in [2.24, 2.45) is 0 Å². The van der Waals surface area contributed by atoms with Gasteiger partial charge in [-0.2, -0.15) is 0 Å². The number of aryl methyl sites for hydroxylation is 1. The van der Waals surface area contributed by atoms with Crippen LogP contribution in [0, 0.1) is 13.8 Å². The van der Waals surface area contributed by atoms with Crippen LogP contribution >= 0.6 is 0 Å². The van der Waals surface area contributed by atoms with Crippen LogP contribution in [0.4, 0.5) is 0 Å². The molecule has 2 nitrogen and oxygen atoms in total. The molecule has 1 N–H and O–H groups in total. The maximum absolute atomic E-state index is 9.07. The first-order chi connectivity index (χ1) is 6.20. The lowest BCUT2D eigenvalue weighted by Gasteiger charge is -2.08. The van der Waals surface area contributed by atoms with E-state index in [0.29, 0.717) is 0 Å². The zero-order valence-corrected chi connectivity index (χ0v) is 8.80. The van der Waals surface area contributed by atoms with Crippen LogP contribution in [0.3, 0.4) is 0 Å². The molecule has 0 spiro atoms. The molecular weight excluding hydrogens is 162 g/mol. The molecule has 0 fully saturated rings. The maximum atomic E-state index is 9.07. The second-order valence-corrected chi connectivity index (χ2v) is 3.56. The first kappa shape index (κ1) is 10.3. The monoisotopic (exact) mass is 181 g/mol. The molecule has 0 saturated heterocycles. The van der Waals surface area contributed by atoms with E-state index in [4.69, 9.17) is 5.11 Å². The summed E-state index contributed by atoms with van der Waals surface area (Å²) in [5, 5.41) is 9.07. The van der Waals surface area contributed by atoms with Crippen LogP contribution in [0.15, 0.2) is 6.07 Å². The fourth-order valence-electron chi connectivity index (χ4n) is 1.69. The highest BCUT2D eigenvalue weighted by Crippen LogP contribution is 2.15. The average molecular weight is 181 g/mol. The van der Waals surface area contributed by atoms with E-state index in [9.17, 15) is 0 Å². The molecule has 0 aliphatic heterocycles. The molecule has 0 saturated carbocycles. The summed E-state index contributed by atoms with van der Waals surface area (Å²) in [7, 11) is 0. The predicted molar refractivity (Wildman–Crippen MR) is 54.7 cm³/mol. The summed E-state index contributed by atoms with van der Waals surface area (Å²) >= 11 is 0. The Morgan fingerprint density at radius 2 is 2.08 bits per heavy atom. The molecule has 0 amide bonds. The zero-order valence-electron chi connectivity index (χ0n) is 8.80. The standard InChI is InChI=1S/C11H19NO/c1-4-5-6-12-9(2)7-11(8-13)10(12)3/h7,13H,4-6,8H2,1-3H3. The van der Waals surface area contributed by atoms with Crippen LogP contribution in [0.25, 0.3) is 0 Å².